The van der Waals surface area contributed by atoms with Gasteiger partial charge < -0.3 is 25.4 Å². The summed E-state index contributed by atoms with van der Waals surface area (Å²) in [4.78, 5) is 65.8. The number of nitrogens with zero attached hydrogens (tertiary/aromatic N) is 1. The molecule has 2 saturated heterocycles. The summed E-state index contributed by atoms with van der Waals surface area (Å²) in [6, 6.07) is 5.18. The van der Waals surface area contributed by atoms with Crippen LogP contribution in [-0.4, -0.2) is 64.2 Å². The number of anilines is 1. The van der Waals surface area contributed by atoms with Gasteiger partial charge in [-0.1, -0.05) is 39.0 Å². The van der Waals surface area contributed by atoms with Crippen LogP contribution in [0.25, 0.3) is 0 Å². The zero-order valence-electron chi connectivity index (χ0n) is 25.4. The second-order valence-electron chi connectivity index (χ2n) is 12.5. The minimum absolute atomic E-state index is 0.264. The molecule has 2 aliphatic heterocycles. The van der Waals surface area contributed by atoms with E-state index < -0.39 is 83.7 Å². The monoisotopic (exact) mass is 631 g/mol. The summed E-state index contributed by atoms with van der Waals surface area (Å²) < 4.78 is 47.1. The maximum Gasteiger partial charge on any atom is 0.313 e. The van der Waals surface area contributed by atoms with Gasteiger partial charge in [0.2, 0.25) is 11.7 Å². The molecule has 4 rings (SSSR count). The van der Waals surface area contributed by atoms with E-state index in [2.05, 4.69) is 10.6 Å². The molecule has 2 heterocycles. The molecule has 45 heavy (non-hydrogen) atoms. The highest BCUT2D eigenvalue weighted by Crippen LogP contribution is 2.40. The lowest BCUT2D eigenvalue weighted by atomic mass is 9.86. The van der Waals surface area contributed by atoms with Crippen LogP contribution in [0.2, 0.25) is 0 Å². The first-order chi connectivity index (χ1) is 21.1. The third-order valence-corrected chi connectivity index (χ3v) is 8.31. The van der Waals surface area contributed by atoms with Gasteiger partial charge in [-0.05, 0) is 61.3 Å². The van der Waals surface area contributed by atoms with E-state index in [9.17, 15) is 42.3 Å². The molecule has 3 unspecified atom stereocenters. The topological polar surface area (TPSA) is 142 Å². The van der Waals surface area contributed by atoms with Crippen molar-refractivity contribution in [2.24, 2.45) is 5.92 Å². The molecule has 3 N–H and O–H groups in total. The van der Waals surface area contributed by atoms with Crippen molar-refractivity contribution in [1.82, 2.24) is 10.2 Å². The second-order valence-corrected chi connectivity index (χ2v) is 12.5. The predicted octanol–water partition coefficient (Wildman–Crippen LogP) is 4.03. The van der Waals surface area contributed by atoms with Gasteiger partial charge in [-0.15, -0.1) is 0 Å². The van der Waals surface area contributed by atoms with E-state index in [-0.39, 0.29) is 17.0 Å². The summed E-state index contributed by atoms with van der Waals surface area (Å²) in [5.41, 5.74) is 0.743. The predicted molar refractivity (Wildman–Crippen MR) is 156 cm³/mol. The molecule has 2 bridgehead atoms. The zero-order valence-corrected chi connectivity index (χ0v) is 25.4. The van der Waals surface area contributed by atoms with Crippen molar-refractivity contribution in [1.29, 1.82) is 0 Å². The summed E-state index contributed by atoms with van der Waals surface area (Å²) in [7, 11) is 0. The number of Topliss-reactive ketones (excluding diaryl/α,β-unsaturated/α-hetero) is 1. The van der Waals surface area contributed by atoms with Crippen LogP contribution in [0.4, 0.5) is 18.9 Å². The van der Waals surface area contributed by atoms with E-state index >= 15 is 0 Å². The largest absolute Gasteiger partial charge is 0.481 e. The second kappa shape index (κ2) is 13.3. The Morgan fingerprint density at radius 3 is 2.36 bits per heavy atom. The molecule has 2 aromatic carbocycles. The molecule has 10 nitrogen and oxygen atoms in total. The highest BCUT2D eigenvalue weighted by atomic mass is 19.2. The fraction of sp³-hybridized carbons (Fsp3) is 0.469. The normalized spacial score (nSPS) is 19.9. The van der Waals surface area contributed by atoms with Crippen LogP contribution in [0.15, 0.2) is 30.3 Å². The van der Waals surface area contributed by atoms with Crippen LogP contribution in [0.5, 0.6) is 5.75 Å². The fourth-order valence-electron chi connectivity index (χ4n) is 6.09. The molecular weight excluding hydrogens is 595 g/mol. The minimum atomic E-state index is -1.65. The van der Waals surface area contributed by atoms with Crippen molar-refractivity contribution in [2.75, 3.05) is 11.9 Å². The number of aryl methyl sites for hydroxylation is 1. The van der Waals surface area contributed by atoms with Crippen molar-refractivity contribution >= 4 is 35.2 Å². The number of hydrogen-bond donors (Lipinski definition) is 3. The number of ether oxygens (including phenoxy) is 1. The number of carboxylic acid groups (broad SMARTS) is 1. The van der Waals surface area contributed by atoms with Gasteiger partial charge in [-0.3, -0.25) is 24.0 Å². The van der Waals surface area contributed by atoms with Gasteiger partial charge in [0.25, 0.3) is 0 Å². The summed E-state index contributed by atoms with van der Waals surface area (Å²) in [5, 5.41) is 14.5. The number of carbonyl (C=O) groups excluding carboxylic acids is 4. The molecule has 0 radical (unpaired) electrons. The van der Waals surface area contributed by atoms with Gasteiger partial charge in [-0.25, -0.2) is 8.78 Å². The highest BCUT2D eigenvalue weighted by molar-refractivity contribution is 6.39. The molecule has 4 atom stereocenters. The number of piperidine rings is 1. The van der Waals surface area contributed by atoms with E-state index in [1.54, 1.807) is 12.1 Å². The lowest BCUT2D eigenvalue weighted by Gasteiger charge is -2.39. The molecule has 0 aliphatic carbocycles. The Hall–Kier alpha value is -4.42. The van der Waals surface area contributed by atoms with Crippen molar-refractivity contribution < 1.29 is 47.0 Å². The Morgan fingerprint density at radius 2 is 1.69 bits per heavy atom. The Labute approximate surface area is 258 Å². The van der Waals surface area contributed by atoms with Crippen LogP contribution in [0.1, 0.15) is 64.0 Å². The number of halogens is 3. The number of fused-ring (bicyclic) bond motifs is 2. The molecule has 2 aliphatic rings. The maximum atomic E-state index is 14.3. The number of hydrogen-bond acceptors (Lipinski definition) is 6. The smallest absolute Gasteiger partial charge is 0.313 e. The van der Waals surface area contributed by atoms with Crippen LogP contribution in [-0.2, 0) is 29.4 Å². The average Bonchev–Trinajstić information content (AvgIpc) is 3.26. The van der Waals surface area contributed by atoms with Crippen LogP contribution in [0, 0.1) is 30.3 Å². The fourth-order valence-corrected chi connectivity index (χ4v) is 6.09. The minimum Gasteiger partial charge on any atom is -0.481 e. The summed E-state index contributed by atoms with van der Waals surface area (Å²) in [6.45, 7) is 6.04. The van der Waals surface area contributed by atoms with E-state index in [0.29, 0.717) is 37.4 Å². The number of ketones is 1. The van der Waals surface area contributed by atoms with E-state index in [1.807, 2.05) is 32.9 Å². The van der Waals surface area contributed by atoms with Crippen LogP contribution in [0.3, 0.4) is 0 Å². The number of nitrogens with one attached hydrogen (secondary N) is 2. The Kier molecular flexibility index (Phi) is 9.89. The van der Waals surface area contributed by atoms with Gasteiger partial charge in [0.05, 0.1) is 12.3 Å². The van der Waals surface area contributed by atoms with E-state index in [0.717, 1.165) is 5.56 Å². The molecule has 0 spiro atoms. The number of aliphatic carboxylic acids is 1. The van der Waals surface area contributed by atoms with Gasteiger partial charge in [0, 0.05) is 17.8 Å². The maximum absolute atomic E-state index is 14.3. The molecule has 242 valence electrons. The molecule has 2 fully saturated rings. The summed E-state index contributed by atoms with van der Waals surface area (Å²) in [6.07, 6.45) is 0.840. The number of para-hydroxylation sites is 1. The Balaban J connectivity index is 1.46. The number of carbonyl (C=O) groups is 5. The van der Waals surface area contributed by atoms with Gasteiger partial charge in [-0.2, -0.15) is 4.39 Å². The number of rotatable bonds is 9. The van der Waals surface area contributed by atoms with Crippen LogP contribution >= 0.6 is 0 Å². The standard InChI is InChI=1S/C32H36F3N3O7/c1-16-13-20(33)27(35)28(26(16)34)45-15-24(39)22(14-25(40)41)37-29(42)18-11-9-17-10-12-23(18)38(17)31(44)30(43)36-21-8-6-5-7-19(21)32(2,3)4/h5-8,13,17-18,22-23H,9-12,14-15H2,1-4H3,(H,36,43)(H,37,42)(H,40,41)/t17?,18?,22-,23?/m0/s1. The third kappa shape index (κ3) is 7.29. The molecule has 0 aromatic heterocycles. The van der Waals surface area contributed by atoms with Gasteiger partial charge in [0.15, 0.2) is 23.2 Å². The molecule has 13 heteroatoms. The lowest BCUT2D eigenvalue weighted by molar-refractivity contribution is -0.149. The first-order valence-corrected chi connectivity index (χ1v) is 14.6. The molecule has 3 amide bonds. The first-order valence-electron chi connectivity index (χ1n) is 14.6. The van der Waals surface area contributed by atoms with Crippen LogP contribution < -0.4 is 15.4 Å². The average molecular weight is 632 g/mol. The Bertz CT molecular complexity index is 1500. The number of amides is 3. The first kappa shape index (κ1) is 33.5. The van der Waals surface area contributed by atoms with E-state index in [4.69, 9.17) is 4.74 Å². The Morgan fingerprint density at radius 1 is 1.02 bits per heavy atom. The van der Waals surface area contributed by atoms with Crippen molar-refractivity contribution in [3.05, 3.63) is 58.9 Å². The van der Waals surface area contributed by atoms with Crippen molar-refractivity contribution in [3.63, 3.8) is 0 Å². The van der Waals surface area contributed by atoms with Gasteiger partial charge in [0.1, 0.15) is 12.6 Å². The summed E-state index contributed by atoms with van der Waals surface area (Å²) in [5.74, 6) is -11.1. The number of benzene rings is 2. The number of carboxylic acids is 1. The molecular formula is C32H36F3N3O7. The molecule has 2 aromatic rings. The van der Waals surface area contributed by atoms with Crippen molar-refractivity contribution in [3.8, 4) is 5.75 Å². The SMILES string of the molecule is Cc1cc(F)c(F)c(OCC(=O)[C@H](CC(=O)O)NC(=O)C2CCC3CCC2N3C(=O)C(=O)Nc2ccccc2C(C)(C)C)c1F. The zero-order chi connectivity index (χ0) is 33.2. The molecule has 0 saturated carbocycles. The quantitative estimate of drug-likeness (QED) is 0.280. The third-order valence-electron chi connectivity index (χ3n) is 8.31. The van der Waals surface area contributed by atoms with E-state index in [1.165, 1.54) is 11.8 Å². The van der Waals surface area contributed by atoms with Crippen molar-refractivity contribution in [2.45, 2.75) is 83.3 Å². The summed E-state index contributed by atoms with van der Waals surface area (Å²) >= 11 is 0. The lowest BCUT2D eigenvalue weighted by Crippen LogP contribution is -2.56. The van der Waals surface area contributed by atoms with Gasteiger partial charge >= 0.3 is 17.8 Å². The highest BCUT2D eigenvalue weighted by Gasteiger charge is 2.49.